The predicted molar refractivity (Wildman–Crippen MR) is 114 cm³/mol. The number of benzene rings is 2. The SMILES string of the molecule is Cc1ccc(NC(=O)c2cc3n(n2)[C@H](C(F)(F)F)C[C@H](c2ccc(Cl)cc2)N3)cc1C. The molecule has 0 fully saturated rings. The van der Waals surface area contributed by atoms with Crippen molar-refractivity contribution in [3.05, 3.63) is 75.9 Å². The number of alkyl halides is 3. The lowest BCUT2D eigenvalue weighted by Gasteiger charge is -2.33. The molecule has 0 unspecified atom stereocenters. The van der Waals surface area contributed by atoms with Gasteiger partial charge in [-0.2, -0.15) is 18.3 Å². The normalized spacial score (nSPS) is 18.3. The first-order chi connectivity index (χ1) is 14.6. The number of nitrogens with one attached hydrogen (secondary N) is 2. The Morgan fingerprint density at radius 3 is 2.48 bits per heavy atom. The van der Waals surface area contributed by atoms with Crippen LogP contribution in [0.25, 0.3) is 0 Å². The van der Waals surface area contributed by atoms with Crippen molar-refractivity contribution in [3.8, 4) is 0 Å². The highest BCUT2D eigenvalue weighted by molar-refractivity contribution is 6.30. The van der Waals surface area contributed by atoms with E-state index < -0.39 is 24.2 Å². The quantitative estimate of drug-likeness (QED) is 0.511. The van der Waals surface area contributed by atoms with Gasteiger partial charge in [0.2, 0.25) is 0 Å². The molecule has 0 radical (unpaired) electrons. The van der Waals surface area contributed by atoms with Gasteiger partial charge in [0.25, 0.3) is 5.91 Å². The molecule has 1 amide bonds. The van der Waals surface area contributed by atoms with Gasteiger partial charge in [-0.25, -0.2) is 4.68 Å². The van der Waals surface area contributed by atoms with Crippen LogP contribution in [0, 0.1) is 13.8 Å². The minimum Gasteiger partial charge on any atom is -0.363 e. The van der Waals surface area contributed by atoms with Crippen molar-refractivity contribution in [2.24, 2.45) is 0 Å². The van der Waals surface area contributed by atoms with Gasteiger partial charge in [0.1, 0.15) is 5.82 Å². The van der Waals surface area contributed by atoms with E-state index >= 15 is 0 Å². The Balaban J connectivity index is 1.63. The zero-order valence-electron chi connectivity index (χ0n) is 16.8. The molecule has 2 aromatic carbocycles. The van der Waals surface area contributed by atoms with Crippen LogP contribution >= 0.6 is 11.6 Å². The van der Waals surface area contributed by atoms with Gasteiger partial charge in [0.05, 0.1) is 6.04 Å². The monoisotopic (exact) mass is 448 g/mol. The molecule has 31 heavy (non-hydrogen) atoms. The summed E-state index contributed by atoms with van der Waals surface area (Å²) in [5, 5.41) is 10.2. The zero-order chi connectivity index (χ0) is 22.3. The lowest BCUT2D eigenvalue weighted by Crippen LogP contribution is -2.35. The van der Waals surface area contributed by atoms with Gasteiger partial charge in [0, 0.05) is 23.2 Å². The van der Waals surface area contributed by atoms with E-state index in [-0.39, 0.29) is 17.9 Å². The second-order valence-corrected chi connectivity index (χ2v) is 8.09. The minimum atomic E-state index is -4.52. The van der Waals surface area contributed by atoms with Crippen molar-refractivity contribution in [2.45, 2.75) is 38.5 Å². The maximum Gasteiger partial charge on any atom is 0.410 e. The fourth-order valence-electron chi connectivity index (χ4n) is 3.61. The molecule has 2 atom stereocenters. The van der Waals surface area contributed by atoms with Crippen LogP contribution in [0.3, 0.4) is 0 Å². The summed E-state index contributed by atoms with van der Waals surface area (Å²) in [4.78, 5) is 12.7. The summed E-state index contributed by atoms with van der Waals surface area (Å²) >= 11 is 5.90. The molecule has 2 heterocycles. The molecule has 162 valence electrons. The minimum absolute atomic E-state index is 0.0910. The molecule has 3 aromatic rings. The van der Waals surface area contributed by atoms with Crippen LogP contribution in [-0.2, 0) is 0 Å². The molecule has 2 N–H and O–H groups in total. The van der Waals surface area contributed by atoms with Crippen LogP contribution in [0.1, 0.15) is 45.7 Å². The highest BCUT2D eigenvalue weighted by Gasteiger charge is 2.46. The van der Waals surface area contributed by atoms with E-state index in [2.05, 4.69) is 15.7 Å². The lowest BCUT2D eigenvalue weighted by atomic mass is 9.97. The standard InChI is InChI=1S/C22H20ClF3N4O/c1-12-3-8-16(9-13(12)2)27-21(31)18-11-20-28-17(14-4-6-15(23)7-5-14)10-19(22(24,25)26)30(20)29-18/h3-9,11,17,19,28H,10H2,1-2H3,(H,27,31)/t17-,19+/m1/s1. The maximum absolute atomic E-state index is 13.8. The van der Waals surface area contributed by atoms with Gasteiger partial charge in [-0.3, -0.25) is 4.79 Å². The molecule has 5 nitrogen and oxygen atoms in total. The molecular formula is C22H20ClF3N4O. The topological polar surface area (TPSA) is 59.0 Å². The number of halogens is 4. The van der Waals surface area contributed by atoms with Gasteiger partial charge in [-0.05, 0) is 54.8 Å². The average molecular weight is 449 g/mol. The van der Waals surface area contributed by atoms with Crippen molar-refractivity contribution < 1.29 is 18.0 Å². The summed E-state index contributed by atoms with van der Waals surface area (Å²) in [7, 11) is 0. The Labute approximate surface area is 182 Å². The van der Waals surface area contributed by atoms with E-state index in [1.165, 1.54) is 6.07 Å². The summed E-state index contributed by atoms with van der Waals surface area (Å²) in [6.45, 7) is 3.86. The van der Waals surface area contributed by atoms with Crippen LogP contribution < -0.4 is 10.6 Å². The number of amides is 1. The van der Waals surface area contributed by atoms with Crippen LogP contribution in [-0.4, -0.2) is 21.9 Å². The second kappa shape index (κ2) is 7.92. The Morgan fingerprint density at radius 2 is 1.84 bits per heavy atom. The zero-order valence-corrected chi connectivity index (χ0v) is 17.6. The first-order valence-electron chi connectivity index (χ1n) is 9.68. The van der Waals surface area contributed by atoms with E-state index in [4.69, 9.17) is 11.6 Å². The fraction of sp³-hybridized carbons (Fsp3) is 0.273. The Morgan fingerprint density at radius 1 is 1.13 bits per heavy atom. The summed E-state index contributed by atoms with van der Waals surface area (Å²) < 4.78 is 42.3. The summed E-state index contributed by atoms with van der Waals surface area (Å²) in [5.41, 5.74) is 3.20. The van der Waals surface area contributed by atoms with E-state index in [0.717, 1.165) is 15.8 Å². The Kier molecular flexibility index (Phi) is 5.43. The maximum atomic E-state index is 13.8. The molecular weight excluding hydrogens is 429 g/mol. The summed E-state index contributed by atoms with van der Waals surface area (Å²) in [6.07, 6.45) is -4.77. The first kappa shape index (κ1) is 21.2. The van der Waals surface area contributed by atoms with Gasteiger partial charge < -0.3 is 10.6 Å². The van der Waals surface area contributed by atoms with Crippen LogP contribution in [0.4, 0.5) is 24.7 Å². The van der Waals surface area contributed by atoms with E-state index in [1.807, 2.05) is 19.9 Å². The molecule has 1 aliphatic heterocycles. The number of fused-ring (bicyclic) bond motifs is 1. The first-order valence-corrected chi connectivity index (χ1v) is 10.1. The number of anilines is 2. The number of aryl methyl sites for hydroxylation is 2. The fourth-order valence-corrected chi connectivity index (χ4v) is 3.74. The molecule has 0 saturated heterocycles. The Bertz CT molecular complexity index is 1120. The van der Waals surface area contributed by atoms with Crippen LogP contribution in [0.2, 0.25) is 5.02 Å². The largest absolute Gasteiger partial charge is 0.410 e. The summed E-state index contributed by atoms with van der Waals surface area (Å²) in [6, 6.07) is 10.9. The van der Waals surface area contributed by atoms with Crippen LogP contribution in [0.15, 0.2) is 48.5 Å². The average Bonchev–Trinajstić information content (AvgIpc) is 3.14. The van der Waals surface area contributed by atoms with Crippen LogP contribution in [0.5, 0.6) is 0 Å². The lowest BCUT2D eigenvalue weighted by molar-refractivity contribution is -0.173. The third kappa shape index (κ3) is 4.39. The molecule has 9 heteroatoms. The molecule has 0 spiro atoms. The number of hydrogen-bond acceptors (Lipinski definition) is 3. The molecule has 4 rings (SSSR count). The van der Waals surface area contributed by atoms with Crippen molar-refractivity contribution in [2.75, 3.05) is 10.6 Å². The van der Waals surface area contributed by atoms with Crippen molar-refractivity contribution in [3.63, 3.8) is 0 Å². The smallest absolute Gasteiger partial charge is 0.363 e. The molecule has 1 aliphatic rings. The molecule has 1 aromatic heterocycles. The number of carbonyl (C=O) groups is 1. The highest BCUT2D eigenvalue weighted by atomic mass is 35.5. The molecule has 0 bridgehead atoms. The van der Waals surface area contributed by atoms with Gasteiger partial charge in [-0.15, -0.1) is 0 Å². The third-order valence-corrected chi connectivity index (χ3v) is 5.71. The number of rotatable bonds is 3. The van der Waals surface area contributed by atoms with Crippen molar-refractivity contribution >= 4 is 29.0 Å². The van der Waals surface area contributed by atoms with Gasteiger partial charge in [-0.1, -0.05) is 29.8 Å². The highest BCUT2D eigenvalue weighted by Crippen LogP contribution is 2.43. The number of aromatic nitrogens is 2. The molecule has 0 saturated carbocycles. The van der Waals surface area contributed by atoms with Gasteiger partial charge >= 0.3 is 6.18 Å². The third-order valence-electron chi connectivity index (χ3n) is 5.46. The van der Waals surface area contributed by atoms with Crippen molar-refractivity contribution in [1.82, 2.24) is 9.78 Å². The van der Waals surface area contributed by atoms with E-state index in [0.29, 0.717) is 16.3 Å². The number of nitrogens with zero attached hydrogens (tertiary/aromatic N) is 2. The van der Waals surface area contributed by atoms with Crippen molar-refractivity contribution in [1.29, 1.82) is 0 Å². The summed E-state index contributed by atoms with van der Waals surface area (Å²) in [5.74, 6) is -0.435. The molecule has 0 aliphatic carbocycles. The van der Waals surface area contributed by atoms with E-state index in [1.54, 1.807) is 36.4 Å². The Hall–Kier alpha value is -3.00. The number of hydrogen-bond donors (Lipinski definition) is 2. The van der Waals surface area contributed by atoms with Gasteiger partial charge in [0.15, 0.2) is 11.7 Å². The van der Waals surface area contributed by atoms with E-state index in [9.17, 15) is 18.0 Å². The predicted octanol–water partition coefficient (Wildman–Crippen LogP) is 6.07. The number of carbonyl (C=O) groups excluding carboxylic acids is 1. The second-order valence-electron chi connectivity index (χ2n) is 7.65.